The maximum atomic E-state index is 13.0. The second-order valence-corrected chi connectivity index (χ2v) is 6.66. The molecule has 0 unspecified atom stereocenters. The summed E-state index contributed by atoms with van der Waals surface area (Å²) in [6.45, 7) is 4.06. The van der Waals surface area contributed by atoms with Gasteiger partial charge in [0.15, 0.2) is 0 Å². The molecule has 6 heteroatoms. The minimum atomic E-state index is -0.575. The number of carbonyl (C=O) groups is 2. The second kappa shape index (κ2) is 8.35. The summed E-state index contributed by atoms with van der Waals surface area (Å²) in [5, 5.41) is 0.560. The maximum absolute atomic E-state index is 13.0. The van der Waals surface area contributed by atoms with Crippen molar-refractivity contribution in [1.29, 1.82) is 0 Å². The van der Waals surface area contributed by atoms with Gasteiger partial charge in [-0.1, -0.05) is 41.9 Å². The Kier molecular flexibility index (Phi) is 5.91. The molecule has 1 amide bonds. The van der Waals surface area contributed by atoms with Crippen LogP contribution in [0.2, 0.25) is 5.02 Å². The summed E-state index contributed by atoms with van der Waals surface area (Å²) in [6.07, 6.45) is 0.120. The summed E-state index contributed by atoms with van der Waals surface area (Å²) in [6, 6.07) is 14.5. The van der Waals surface area contributed by atoms with Gasteiger partial charge in [-0.15, -0.1) is 0 Å². The highest BCUT2D eigenvalue weighted by Gasteiger charge is 2.30. The zero-order chi connectivity index (χ0) is 19.4. The Bertz CT molecular complexity index is 880. The fourth-order valence-electron chi connectivity index (χ4n) is 3.09. The fraction of sp³-hybridized carbons (Fsp3) is 0.286. The molecular formula is C21H21ClN2O3. The van der Waals surface area contributed by atoms with Crippen LogP contribution in [-0.2, 0) is 14.3 Å². The number of amides is 1. The van der Waals surface area contributed by atoms with Crippen molar-refractivity contribution in [3.05, 3.63) is 64.7 Å². The molecule has 2 aromatic rings. The van der Waals surface area contributed by atoms with E-state index in [0.29, 0.717) is 23.0 Å². The van der Waals surface area contributed by atoms with Crippen molar-refractivity contribution in [2.45, 2.75) is 26.3 Å². The first kappa shape index (κ1) is 19.1. The third-order valence-electron chi connectivity index (χ3n) is 4.34. The lowest BCUT2D eigenvalue weighted by molar-refractivity contribution is -0.142. The van der Waals surface area contributed by atoms with Gasteiger partial charge in [0.25, 0.3) is 5.91 Å². The molecule has 27 heavy (non-hydrogen) atoms. The number of halogens is 1. The van der Waals surface area contributed by atoms with Gasteiger partial charge in [0, 0.05) is 22.7 Å². The van der Waals surface area contributed by atoms with E-state index in [1.165, 1.54) is 0 Å². The molecule has 0 aliphatic carbocycles. The van der Waals surface area contributed by atoms with E-state index in [9.17, 15) is 9.59 Å². The fourth-order valence-corrected chi connectivity index (χ4v) is 3.26. The number of esters is 1. The summed E-state index contributed by atoms with van der Waals surface area (Å²) in [5.41, 5.74) is 3.09. The highest BCUT2D eigenvalue weighted by Crippen LogP contribution is 2.31. The summed E-state index contributed by atoms with van der Waals surface area (Å²) < 4.78 is 5.00. The van der Waals surface area contributed by atoms with Gasteiger partial charge >= 0.3 is 5.97 Å². The minimum Gasteiger partial charge on any atom is -0.466 e. The number of benzene rings is 2. The van der Waals surface area contributed by atoms with Gasteiger partial charge in [0.2, 0.25) is 0 Å². The van der Waals surface area contributed by atoms with E-state index >= 15 is 0 Å². The predicted octanol–water partition coefficient (Wildman–Crippen LogP) is 3.87. The minimum absolute atomic E-state index is 0.120. The van der Waals surface area contributed by atoms with Crippen molar-refractivity contribution < 1.29 is 14.3 Å². The summed E-state index contributed by atoms with van der Waals surface area (Å²) >= 11 is 6.24. The van der Waals surface area contributed by atoms with Crippen LogP contribution < -0.4 is 4.90 Å². The zero-order valence-corrected chi connectivity index (χ0v) is 16.1. The summed E-state index contributed by atoms with van der Waals surface area (Å²) in [7, 11) is 0. The van der Waals surface area contributed by atoms with Crippen LogP contribution in [-0.4, -0.2) is 36.8 Å². The predicted molar refractivity (Wildman–Crippen MR) is 107 cm³/mol. The molecule has 0 saturated carbocycles. The number of hydrogen-bond donors (Lipinski definition) is 0. The van der Waals surface area contributed by atoms with Crippen molar-refractivity contribution in [1.82, 2.24) is 0 Å². The van der Waals surface area contributed by atoms with Crippen LogP contribution in [0.5, 0.6) is 0 Å². The molecule has 2 aromatic carbocycles. The summed E-state index contributed by atoms with van der Waals surface area (Å²) in [4.78, 5) is 31.1. The van der Waals surface area contributed by atoms with Crippen LogP contribution in [0.25, 0.3) is 0 Å². The first-order chi connectivity index (χ1) is 13.0. The second-order valence-electron chi connectivity index (χ2n) is 6.23. The largest absolute Gasteiger partial charge is 0.466 e. The molecular weight excluding hydrogens is 364 g/mol. The first-order valence-corrected chi connectivity index (χ1v) is 9.29. The molecule has 0 aromatic heterocycles. The van der Waals surface area contributed by atoms with Crippen molar-refractivity contribution >= 4 is 34.9 Å². The number of ether oxygens (including phenoxy) is 1. The number of rotatable bonds is 5. The van der Waals surface area contributed by atoms with E-state index in [1.54, 1.807) is 30.9 Å². The number of nitrogens with zero attached hydrogens (tertiary/aromatic N) is 2. The lowest BCUT2D eigenvalue weighted by Crippen LogP contribution is -2.38. The van der Waals surface area contributed by atoms with Gasteiger partial charge in [0.05, 0.1) is 24.4 Å². The van der Waals surface area contributed by atoms with E-state index in [2.05, 4.69) is 4.99 Å². The highest BCUT2D eigenvalue weighted by atomic mass is 35.5. The average Bonchev–Trinajstić information content (AvgIpc) is 2.76. The molecule has 0 radical (unpaired) electrons. The van der Waals surface area contributed by atoms with Crippen LogP contribution in [0, 0.1) is 0 Å². The van der Waals surface area contributed by atoms with E-state index in [1.807, 2.05) is 36.4 Å². The smallest absolute Gasteiger partial charge is 0.307 e. The molecule has 3 rings (SSSR count). The average molecular weight is 385 g/mol. The SMILES string of the molecule is CCOC(=O)CCN1C(=O)[C@H](C)N=C(c2ccccc2)c2cc(Cl)ccc21. The first-order valence-electron chi connectivity index (χ1n) is 8.91. The Morgan fingerprint density at radius 2 is 1.96 bits per heavy atom. The topological polar surface area (TPSA) is 59.0 Å². The Balaban J connectivity index is 2.05. The molecule has 0 saturated heterocycles. The molecule has 1 aliphatic rings. The standard InChI is InChI=1S/C21H21ClN2O3/c1-3-27-19(25)11-12-24-18-10-9-16(22)13-17(18)20(23-14(2)21(24)26)15-7-5-4-6-8-15/h4-10,13-14H,3,11-12H2,1-2H3/t14-/m0/s1. The molecule has 0 N–H and O–H groups in total. The molecule has 0 spiro atoms. The number of aliphatic imine (C=N–C) groups is 1. The van der Waals surface area contributed by atoms with Gasteiger partial charge in [-0.2, -0.15) is 0 Å². The lowest BCUT2D eigenvalue weighted by atomic mass is 10.00. The normalized spacial score (nSPS) is 16.4. The van der Waals surface area contributed by atoms with Crippen LogP contribution in [0.15, 0.2) is 53.5 Å². The van der Waals surface area contributed by atoms with E-state index in [-0.39, 0.29) is 24.8 Å². The van der Waals surface area contributed by atoms with Crippen LogP contribution in [0.3, 0.4) is 0 Å². The Morgan fingerprint density at radius 1 is 1.22 bits per heavy atom. The molecule has 1 atom stereocenters. The maximum Gasteiger partial charge on any atom is 0.307 e. The highest BCUT2D eigenvalue weighted by molar-refractivity contribution is 6.32. The van der Waals surface area contributed by atoms with E-state index < -0.39 is 6.04 Å². The zero-order valence-electron chi connectivity index (χ0n) is 15.3. The Morgan fingerprint density at radius 3 is 2.67 bits per heavy atom. The van der Waals surface area contributed by atoms with Gasteiger partial charge in [-0.25, -0.2) is 0 Å². The third kappa shape index (κ3) is 4.19. The molecule has 1 aliphatic heterocycles. The van der Waals surface area contributed by atoms with Crippen LogP contribution in [0.1, 0.15) is 31.4 Å². The Hall–Kier alpha value is -2.66. The third-order valence-corrected chi connectivity index (χ3v) is 4.58. The van der Waals surface area contributed by atoms with Gasteiger partial charge in [-0.3, -0.25) is 14.6 Å². The number of anilines is 1. The number of fused-ring (bicyclic) bond motifs is 1. The molecule has 5 nitrogen and oxygen atoms in total. The number of hydrogen-bond acceptors (Lipinski definition) is 4. The Labute approximate surface area is 163 Å². The van der Waals surface area contributed by atoms with Crippen molar-refractivity contribution in [3.8, 4) is 0 Å². The van der Waals surface area contributed by atoms with Crippen molar-refractivity contribution in [3.63, 3.8) is 0 Å². The van der Waals surface area contributed by atoms with Gasteiger partial charge in [0.1, 0.15) is 6.04 Å². The molecule has 140 valence electrons. The monoisotopic (exact) mass is 384 g/mol. The molecule has 0 fully saturated rings. The van der Waals surface area contributed by atoms with E-state index in [4.69, 9.17) is 16.3 Å². The van der Waals surface area contributed by atoms with Crippen LogP contribution >= 0.6 is 11.6 Å². The van der Waals surface area contributed by atoms with Crippen molar-refractivity contribution in [2.24, 2.45) is 4.99 Å². The summed E-state index contributed by atoms with van der Waals surface area (Å²) in [5.74, 6) is -0.490. The van der Waals surface area contributed by atoms with E-state index in [0.717, 1.165) is 11.1 Å². The van der Waals surface area contributed by atoms with Gasteiger partial charge < -0.3 is 9.64 Å². The number of benzodiazepines with no additional fused rings is 1. The number of carbonyl (C=O) groups excluding carboxylic acids is 2. The van der Waals surface area contributed by atoms with Gasteiger partial charge in [-0.05, 0) is 32.0 Å². The van der Waals surface area contributed by atoms with Crippen LogP contribution in [0.4, 0.5) is 5.69 Å². The molecule has 0 bridgehead atoms. The molecule has 1 heterocycles. The van der Waals surface area contributed by atoms with Crippen molar-refractivity contribution in [2.75, 3.05) is 18.1 Å². The lowest BCUT2D eigenvalue weighted by Gasteiger charge is -2.24. The quantitative estimate of drug-likeness (QED) is 0.735.